The number of carbonyl (C=O) groups excluding carboxylic acids is 1. The molecule has 9 heteroatoms. The highest BCUT2D eigenvalue weighted by atomic mass is 32.2. The molecule has 0 aliphatic carbocycles. The number of nitrogens with zero attached hydrogens (tertiary/aromatic N) is 3. The summed E-state index contributed by atoms with van der Waals surface area (Å²) in [5.74, 6) is 0.172. The van der Waals surface area contributed by atoms with Gasteiger partial charge >= 0.3 is 0 Å². The molecule has 2 heterocycles. The van der Waals surface area contributed by atoms with Crippen molar-refractivity contribution >= 4 is 27.7 Å². The molecule has 144 valence electrons. The van der Waals surface area contributed by atoms with Crippen molar-refractivity contribution in [2.24, 2.45) is 0 Å². The second-order valence-corrected chi connectivity index (χ2v) is 8.92. The molecule has 1 aliphatic heterocycles. The Hall–Kier alpha value is -1.97. The number of benzene rings is 1. The summed E-state index contributed by atoms with van der Waals surface area (Å²) >= 11 is 1.48. The van der Waals surface area contributed by atoms with E-state index >= 15 is 0 Å². The molecule has 3 rings (SSSR count). The van der Waals surface area contributed by atoms with Gasteiger partial charge in [0.1, 0.15) is 10.7 Å². The quantitative estimate of drug-likeness (QED) is 0.730. The van der Waals surface area contributed by atoms with Gasteiger partial charge in [0.15, 0.2) is 0 Å². The summed E-state index contributed by atoms with van der Waals surface area (Å²) in [6, 6.07) is 11.0. The monoisotopic (exact) mass is 409 g/mol. The lowest BCUT2D eigenvalue weighted by atomic mass is 10.3. The smallest absolute Gasteiger partial charge is 0.246 e. The average molecular weight is 410 g/mol. The third-order valence-electron chi connectivity index (χ3n) is 4.25. The van der Waals surface area contributed by atoms with Crippen molar-refractivity contribution in [1.82, 2.24) is 14.2 Å². The van der Waals surface area contributed by atoms with Gasteiger partial charge in [0.25, 0.3) is 0 Å². The number of pyridine rings is 1. The summed E-state index contributed by atoms with van der Waals surface area (Å²) in [5, 5.41) is 0. The number of hydrogen-bond donors (Lipinski definition) is 0. The molecule has 1 aromatic heterocycles. The molecule has 1 fully saturated rings. The van der Waals surface area contributed by atoms with Gasteiger partial charge in [-0.1, -0.05) is 18.2 Å². The molecule has 27 heavy (non-hydrogen) atoms. The largest absolute Gasteiger partial charge is 0.339 e. The van der Waals surface area contributed by atoms with Crippen molar-refractivity contribution in [2.45, 2.75) is 10.6 Å². The molecule has 0 saturated carbocycles. The van der Waals surface area contributed by atoms with E-state index in [0.717, 1.165) is 11.8 Å². The topological polar surface area (TPSA) is 70.6 Å². The summed E-state index contributed by atoms with van der Waals surface area (Å²) in [6.07, 6.45) is 1.72. The number of aromatic nitrogens is 1. The SMILES string of the molecule is O=C(CSCc1ccccn1)N1CCN(S(=O)(=O)c2ccccc2F)CC1. The first-order valence-electron chi connectivity index (χ1n) is 8.48. The third-order valence-corrected chi connectivity index (χ3v) is 7.13. The fourth-order valence-corrected chi connectivity index (χ4v) is 5.11. The van der Waals surface area contributed by atoms with E-state index in [9.17, 15) is 17.6 Å². The van der Waals surface area contributed by atoms with E-state index in [4.69, 9.17) is 0 Å². The van der Waals surface area contributed by atoms with Gasteiger partial charge in [0, 0.05) is 38.1 Å². The fourth-order valence-electron chi connectivity index (χ4n) is 2.79. The zero-order chi connectivity index (χ0) is 19.3. The number of sulfonamides is 1. The van der Waals surface area contributed by atoms with Gasteiger partial charge in [0.2, 0.25) is 15.9 Å². The molecule has 1 saturated heterocycles. The summed E-state index contributed by atoms with van der Waals surface area (Å²) < 4.78 is 40.2. The van der Waals surface area contributed by atoms with Gasteiger partial charge in [-0.25, -0.2) is 12.8 Å². The molecule has 0 spiro atoms. The van der Waals surface area contributed by atoms with Gasteiger partial charge in [0.05, 0.1) is 11.4 Å². The molecule has 0 radical (unpaired) electrons. The Bertz CT molecular complexity index is 886. The summed E-state index contributed by atoms with van der Waals surface area (Å²) in [5.41, 5.74) is 0.913. The van der Waals surface area contributed by atoms with Crippen LogP contribution in [0.3, 0.4) is 0 Å². The molecule has 0 atom stereocenters. The molecule has 0 bridgehead atoms. The highest BCUT2D eigenvalue weighted by Gasteiger charge is 2.31. The number of piperazine rings is 1. The molecule has 1 aliphatic rings. The molecule has 1 aromatic carbocycles. The predicted molar refractivity (Wildman–Crippen MR) is 102 cm³/mol. The van der Waals surface area contributed by atoms with E-state index in [1.54, 1.807) is 11.1 Å². The highest BCUT2D eigenvalue weighted by Crippen LogP contribution is 2.20. The van der Waals surface area contributed by atoms with E-state index < -0.39 is 15.8 Å². The zero-order valence-corrected chi connectivity index (χ0v) is 16.3. The van der Waals surface area contributed by atoms with Gasteiger partial charge in [-0.15, -0.1) is 11.8 Å². The van der Waals surface area contributed by atoms with Gasteiger partial charge in [-0.3, -0.25) is 9.78 Å². The van der Waals surface area contributed by atoms with Gasteiger partial charge in [-0.05, 0) is 24.3 Å². The van der Waals surface area contributed by atoms with Crippen LogP contribution >= 0.6 is 11.8 Å². The van der Waals surface area contributed by atoms with Crippen LogP contribution in [0.5, 0.6) is 0 Å². The number of carbonyl (C=O) groups is 1. The lowest BCUT2D eigenvalue weighted by Crippen LogP contribution is -2.51. The Balaban J connectivity index is 1.51. The van der Waals surface area contributed by atoms with Crippen LogP contribution in [-0.2, 0) is 20.6 Å². The summed E-state index contributed by atoms with van der Waals surface area (Å²) in [4.78, 5) is 17.9. The number of amides is 1. The van der Waals surface area contributed by atoms with Crippen LogP contribution in [0.25, 0.3) is 0 Å². The Labute approximate surface area is 162 Å². The van der Waals surface area contributed by atoms with E-state index in [0.29, 0.717) is 24.6 Å². The maximum absolute atomic E-state index is 13.8. The van der Waals surface area contributed by atoms with Gasteiger partial charge in [-0.2, -0.15) is 4.31 Å². The average Bonchev–Trinajstić information content (AvgIpc) is 2.69. The van der Waals surface area contributed by atoms with Crippen molar-refractivity contribution in [3.63, 3.8) is 0 Å². The number of rotatable bonds is 6. The Morgan fingerprint density at radius 3 is 2.44 bits per heavy atom. The van der Waals surface area contributed by atoms with Crippen molar-refractivity contribution in [2.75, 3.05) is 31.9 Å². The van der Waals surface area contributed by atoms with Crippen LogP contribution in [0, 0.1) is 5.82 Å². The first-order chi connectivity index (χ1) is 13.0. The van der Waals surface area contributed by atoms with Crippen LogP contribution < -0.4 is 0 Å². The van der Waals surface area contributed by atoms with Crippen LogP contribution in [-0.4, -0.2) is 60.4 Å². The van der Waals surface area contributed by atoms with E-state index in [1.807, 2.05) is 18.2 Å². The first-order valence-corrected chi connectivity index (χ1v) is 11.1. The second-order valence-electron chi connectivity index (χ2n) is 6.03. The summed E-state index contributed by atoms with van der Waals surface area (Å²) in [7, 11) is -3.89. The minimum atomic E-state index is -3.89. The highest BCUT2D eigenvalue weighted by molar-refractivity contribution is 7.99. The van der Waals surface area contributed by atoms with Gasteiger partial charge < -0.3 is 4.90 Å². The van der Waals surface area contributed by atoms with Crippen LogP contribution in [0.1, 0.15) is 5.69 Å². The van der Waals surface area contributed by atoms with Crippen molar-refractivity contribution < 1.29 is 17.6 Å². The lowest BCUT2D eigenvalue weighted by Gasteiger charge is -2.34. The standard InChI is InChI=1S/C18H20FN3O3S2/c19-16-6-1-2-7-17(16)27(24,25)22-11-9-21(10-12-22)18(23)14-26-13-15-5-3-4-8-20-15/h1-8H,9-14H2. The minimum Gasteiger partial charge on any atom is -0.339 e. The predicted octanol–water partition coefficient (Wildman–Crippen LogP) is 1.99. The second kappa shape index (κ2) is 8.81. The molecule has 0 unspecified atom stereocenters. The van der Waals surface area contributed by atoms with Crippen LogP contribution in [0.15, 0.2) is 53.6 Å². The summed E-state index contributed by atoms with van der Waals surface area (Å²) in [6.45, 7) is 0.925. The van der Waals surface area contributed by atoms with Crippen molar-refractivity contribution in [1.29, 1.82) is 0 Å². The van der Waals surface area contributed by atoms with Crippen LogP contribution in [0.4, 0.5) is 4.39 Å². The molecular formula is C18H20FN3O3S2. The lowest BCUT2D eigenvalue weighted by molar-refractivity contribution is -0.129. The Morgan fingerprint density at radius 1 is 1.07 bits per heavy atom. The fraction of sp³-hybridized carbons (Fsp3) is 0.333. The minimum absolute atomic E-state index is 0.0288. The Morgan fingerprint density at radius 2 is 1.78 bits per heavy atom. The van der Waals surface area contributed by atoms with Crippen LogP contribution in [0.2, 0.25) is 0 Å². The first kappa shape index (κ1) is 19.8. The molecule has 1 amide bonds. The molecule has 0 N–H and O–H groups in total. The van der Waals surface area contributed by atoms with Crippen molar-refractivity contribution in [3.8, 4) is 0 Å². The maximum Gasteiger partial charge on any atom is 0.246 e. The zero-order valence-electron chi connectivity index (χ0n) is 14.6. The normalized spacial score (nSPS) is 15.7. The van der Waals surface area contributed by atoms with E-state index in [2.05, 4.69) is 4.98 Å². The maximum atomic E-state index is 13.8. The number of hydrogen-bond acceptors (Lipinski definition) is 5. The molecule has 6 nitrogen and oxygen atoms in total. The third kappa shape index (κ3) is 4.85. The van der Waals surface area contributed by atoms with Crippen molar-refractivity contribution in [3.05, 3.63) is 60.2 Å². The molecular weight excluding hydrogens is 389 g/mol. The Kier molecular flexibility index (Phi) is 6.46. The molecule has 2 aromatic rings. The van der Waals surface area contributed by atoms with E-state index in [-0.39, 0.29) is 23.9 Å². The van der Waals surface area contributed by atoms with E-state index in [1.165, 1.54) is 34.3 Å². The number of halogens is 1. The number of thioether (sulfide) groups is 1.